The van der Waals surface area contributed by atoms with Crippen molar-refractivity contribution in [2.24, 2.45) is 5.92 Å². The molecule has 1 N–H and O–H groups in total. The van der Waals surface area contributed by atoms with Gasteiger partial charge < -0.3 is 14.8 Å². The second-order valence-electron chi connectivity index (χ2n) is 4.77. The predicted molar refractivity (Wildman–Crippen MR) is 66.0 cm³/mol. The van der Waals surface area contributed by atoms with E-state index in [1.54, 1.807) is 6.20 Å². The molecule has 0 unspecified atom stereocenters. The molecule has 1 saturated heterocycles. The van der Waals surface area contributed by atoms with Crippen LogP contribution in [-0.2, 0) is 11.3 Å². The van der Waals surface area contributed by atoms with E-state index in [1.165, 1.54) is 0 Å². The van der Waals surface area contributed by atoms with E-state index in [0.717, 1.165) is 24.5 Å². The van der Waals surface area contributed by atoms with Crippen molar-refractivity contribution < 1.29 is 9.47 Å². The largest absolute Gasteiger partial charge is 0.469 e. The maximum absolute atomic E-state index is 5.76. The Balaban J connectivity index is 1.90. The van der Waals surface area contributed by atoms with Crippen LogP contribution >= 0.6 is 0 Å². The van der Waals surface area contributed by atoms with Crippen molar-refractivity contribution in [2.45, 2.75) is 26.5 Å². The fourth-order valence-corrected chi connectivity index (χ4v) is 1.60. The normalized spacial score (nSPS) is 15.9. The van der Waals surface area contributed by atoms with Gasteiger partial charge in [0.1, 0.15) is 6.10 Å². The van der Waals surface area contributed by atoms with Crippen molar-refractivity contribution >= 4 is 0 Å². The third-order valence-electron chi connectivity index (χ3n) is 2.60. The van der Waals surface area contributed by atoms with E-state index < -0.39 is 0 Å². The molecule has 1 aliphatic rings. The molecule has 17 heavy (non-hydrogen) atoms. The van der Waals surface area contributed by atoms with Crippen LogP contribution in [0.3, 0.4) is 0 Å². The first kappa shape index (κ1) is 12.3. The van der Waals surface area contributed by atoms with Gasteiger partial charge in [0.05, 0.1) is 13.2 Å². The smallest absolute Gasteiger partial charge is 0.218 e. The summed E-state index contributed by atoms with van der Waals surface area (Å²) >= 11 is 0. The van der Waals surface area contributed by atoms with Crippen LogP contribution < -0.4 is 10.1 Å². The summed E-state index contributed by atoms with van der Waals surface area (Å²) in [5.41, 5.74) is 1.11. The molecule has 0 radical (unpaired) electrons. The monoisotopic (exact) mass is 236 g/mol. The first-order valence-corrected chi connectivity index (χ1v) is 6.14. The molecule has 4 nitrogen and oxygen atoms in total. The lowest BCUT2D eigenvalue weighted by atomic mass is 10.2. The van der Waals surface area contributed by atoms with Gasteiger partial charge in [0.25, 0.3) is 0 Å². The Labute approximate surface area is 102 Å². The van der Waals surface area contributed by atoms with Gasteiger partial charge in [-0.25, -0.2) is 4.98 Å². The van der Waals surface area contributed by atoms with Crippen LogP contribution in [-0.4, -0.2) is 30.8 Å². The van der Waals surface area contributed by atoms with Crippen molar-refractivity contribution in [2.75, 3.05) is 19.8 Å². The van der Waals surface area contributed by atoms with E-state index in [1.807, 2.05) is 6.07 Å². The van der Waals surface area contributed by atoms with Crippen LogP contribution in [0.25, 0.3) is 0 Å². The number of aromatic nitrogens is 1. The van der Waals surface area contributed by atoms with E-state index in [2.05, 4.69) is 30.2 Å². The zero-order chi connectivity index (χ0) is 12.1. The molecular formula is C13H20N2O2. The van der Waals surface area contributed by atoms with E-state index in [0.29, 0.717) is 19.1 Å². The molecular weight excluding hydrogens is 216 g/mol. The number of nitrogens with one attached hydrogen (secondary N) is 1. The SMILES string of the molecule is CC(C)CNCc1cccnc1OC1COC1. The number of pyridine rings is 1. The highest BCUT2D eigenvalue weighted by Crippen LogP contribution is 2.18. The minimum Gasteiger partial charge on any atom is -0.469 e. The zero-order valence-electron chi connectivity index (χ0n) is 10.5. The van der Waals surface area contributed by atoms with Gasteiger partial charge in [-0.15, -0.1) is 0 Å². The van der Waals surface area contributed by atoms with Crippen molar-refractivity contribution in [3.63, 3.8) is 0 Å². The Morgan fingerprint density at radius 2 is 2.35 bits per heavy atom. The van der Waals surface area contributed by atoms with Crippen LogP contribution in [0.2, 0.25) is 0 Å². The summed E-state index contributed by atoms with van der Waals surface area (Å²) in [6, 6.07) is 3.99. The van der Waals surface area contributed by atoms with Gasteiger partial charge in [-0.3, -0.25) is 0 Å². The third-order valence-corrected chi connectivity index (χ3v) is 2.60. The molecule has 0 saturated carbocycles. The van der Waals surface area contributed by atoms with Crippen molar-refractivity contribution in [1.29, 1.82) is 0 Å². The molecule has 2 heterocycles. The molecule has 0 atom stereocenters. The van der Waals surface area contributed by atoms with Crippen LogP contribution in [0.5, 0.6) is 5.88 Å². The van der Waals surface area contributed by atoms with Gasteiger partial charge in [0, 0.05) is 18.3 Å². The number of hydrogen-bond donors (Lipinski definition) is 1. The highest BCUT2D eigenvalue weighted by molar-refractivity contribution is 5.25. The fourth-order valence-electron chi connectivity index (χ4n) is 1.60. The highest BCUT2D eigenvalue weighted by atomic mass is 16.6. The number of nitrogens with zero attached hydrogens (tertiary/aromatic N) is 1. The molecule has 1 aromatic rings. The average molecular weight is 236 g/mol. The molecule has 0 aromatic carbocycles. The van der Waals surface area contributed by atoms with Crippen molar-refractivity contribution in [3.8, 4) is 5.88 Å². The highest BCUT2D eigenvalue weighted by Gasteiger charge is 2.21. The molecule has 0 spiro atoms. The molecule has 1 aliphatic heterocycles. The standard InChI is InChI=1S/C13H20N2O2/c1-10(2)6-14-7-11-4-3-5-15-13(11)17-12-8-16-9-12/h3-5,10,12,14H,6-9H2,1-2H3. The Bertz CT molecular complexity index is 351. The summed E-state index contributed by atoms with van der Waals surface area (Å²) in [5, 5.41) is 3.40. The van der Waals surface area contributed by atoms with Gasteiger partial charge in [0.15, 0.2) is 0 Å². The molecule has 4 heteroatoms. The van der Waals surface area contributed by atoms with E-state index in [9.17, 15) is 0 Å². The quantitative estimate of drug-likeness (QED) is 0.815. The molecule has 2 rings (SSSR count). The summed E-state index contributed by atoms with van der Waals surface area (Å²) in [5.74, 6) is 1.38. The van der Waals surface area contributed by atoms with Crippen LogP contribution in [0, 0.1) is 5.92 Å². The maximum atomic E-state index is 5.76. The number of ether oxygens (including phenoxy) is 2. The Morgan fingerprint density at radius 1 is 1.53 bits per heavy atom. The summed E-state index contributed by atoms with van der Waals surface area (Å²) in [4.78, 5) is 4.28. The van der Waals surface area contributed by atoms with Crippen molar-refractivity contribution in [1.82, 2.24) is 10.3 Å². The topological polar surface area (TPSA) is 43.4 Å². The van der Waals surface area contributed by atoms with Gasteiger partial charge in [0.2, 0.25) is 5.88 Å². The summed E-state index contributed by atoms with van der Waals surface area (Å²) in [6.07, 6.45) is 1.94. The average Bonchev–Trinajstić information content (AvgIpc) is 2.25. The third kappa shape index (κ3) is 3.68. The number of rotatable bonds is 6. The summed E-state index contributed by atoms with van der Waals surface area (Å²) in [7, 11) is 0. The molecule has 0 aliphatic carbocycles. The molecule has 0 amide bonds. The second-order valence-corrected chi connectivity index (χ2v) is 4.77. The van der Waals surface area contributed by atoms with Crippen molar-refractivity contribution in [3.05, 3.63) is 23.9 Å². The second kappa shape index (κ2) is 5.98. The van der Waals surface area contributed by atoms with Crippen LogP contribution in [0.4, 0.5) is 0 Å². The van der Waals surface area contributed by atoms with E-state index in [4.69, 9.17) is 9.47 Å². The molecule has 1 aromatic heterocycles. The zero-order valence-corrected chi connectivity index (χ0v) is 10.5. The Hall–Kier alpha value is -1.13. The lowest BCUT2D eigenvalue weighted by Crippen LogP contribution is -2.39. The minimum atomic E-state index is 0.175. The maximum Gasteiger partial charge on any atom is 0.218 e. The van der Waals surface area contributed by atoms with Gasteiger partial charge in [-0.1, -0.05) is 19.9 Å². The lowest BCUT2D eigenvalue weighted by Gasteiger charge is -2.27. The molecule has 1 fully saturated rings. The molecule has 94 valence electrons. The first-order chi connectivity index (χ1) is 8.25. The minimum absolute atomic E-state index is 0.175. The molecule has 0 bridgehead atoms. The summed E-state index contributed by atoms with van der Waals surface area (Å²) < 4.78 is 10.9. The van der Waals surface area contributed by atoms with Gasteiger partial charge in [-0.05, 0) is 18.5 Å². The van der Waals surface area contributed by atoms with Crippen LogP contribution in [0.15, 0.2) is 18.3 Å². The van der Waals surface area contributed by atoms with Gasteiger partial charge >= 0.3 is 0 Å². The van der Waals surface area contributed by atoms with E-state index >= 15 is 0 Å². The first-order valence-electron chi connectivity index (χ1n) is 6.14. The Morgan fingerprint density at radius 3 is 3.00 bits per heavy atom. The van der Waals surface area contributed by atoms with E-state index in [-0.39, 0.29) is 6.10 Å². The fraction of sp³-hybridized carbons (Fsp3) is 0.615. The van der Waals surface area contributed by atoms with Gasteiger partial charge in [-0.2, -0.15) is 0 Å². The van der Waals surface area contributed by atoms with Crippen LogP contribution in [0.1, 0.15) is 19.4 Å². The lowest BCUT2D eigenvalue weighted by molar-refractivity contribution is -0.0817. The predicted octanol–water partition coefficient (Wildman–Crippen LogP) is 1.60. The summed E-state index contributed by atoms with van der Waals surface area (Å²) in [6.45, 7) is 7.54. The Kier molecular flexibility index (Phi) is 4.34. The number of hydrogen-bond acceptors (Lipinski definition) is 4.